The van der Waals surface area contributed by atoms with E-state index in [0.717, 1.165) is 25.9 Å². The minimum Gasteiger partial charge on any atom is -0.167 e. The first kappa shape index (κ1) is 18.8. The Morgan fingerprint density at radius 3 is 0.864 bits per heavy atom. The second kappa shape index (κ2) is 16.2. The van der Waals surface area contributed by atoms with Gasteiger partial charge in [-0.15, -0.1) is 0 Å². The molecule has 1 heterocycles. The van der Waals surface area contributed by atoms with Gasteiger partial charge in [0.1, 0.15) is 0 Å². The van der Waals surface area contributed by atoms with E-state index in [0.29, 0.717) is 0 Å². The van der Waals surface area contributed by atoms with Crippen LogP contribution in [-0.4, -0.2) is 13.1 Å². The molecule has 6 nitrogen and oxygen atoms in total. The molecule has 0 aromatic heterocycles. The molecule has 0 saturated heterocycles. The first-order valence-electron chi connectivity index (χ1n) is 9.13. The lowest BCUT2D eigenvalue weighted by molar-refractivity contribution is 0.532. The first-order chi connectivity index (χ1) is 11.0. The highest BCUT2D eigenvalue weighted by atomic mass is 15.6. The fourth-order valence-corrected chi connectivity index (χ4v) is 2.67. The number of hydrogen-bond donors (Lipinski definition) is 0. The van der Waals surface area contributed by atoms with E-state index in [1.807, 2.05) is 0 Å². The molecule has 1 aliphatic heterocycles. The summed E-state index contributed by atoms with van der Waals surface area (Å²) in [5.41, 5.74) is 0. The summed E-state index contributed by atoms with van der Waals surface area (Å²) in [5, 5.41) is 22.1. The summed E-state index contributed by atoms with van der Waals surface area (Å²) in [5.74, 6) is 0. The number of hydrogen-bond acceptors (Lipinski definition) is 6. The third-order valence-corrected chi connectivity index (χ3v) is 4.01. The second-order valence-corrected chi connectivity index (χ2v) is 6.04. The molecule has 0 N–H and O–H groups in total. The van der Waals surface area contributed by atoms with Crippen LogP contribution in [0.25, 0.3) is 0 Å². The maximum absolute atomic E-state index is 3.95. The van der Waals surface area contributed by atoms with Crippen molar-refractivity contribution in [2.24, 2.45) is 31.1 Å². The van der Waals surface area contributed by atoms with Gasteiger partial charge in [0, 0.05) is 0 Å². The second-order valence-electron chi connectivity index (χ2n) is 6.04. The van der Waals surface area contributed by atoms with Crippen molar-refractivity contribution < 1.29 is 0 Å². The van der Waals surface area contributed by atoms with Gasteiger partial charge in [-0.2, -0.15) is 10.2 Å². The minimum absolute atomic E-state index is 0.732. The highest BCUT2D eigenvalue weighted by molar-refractivity contribution is 4.50. The van der Waals surface area contributed by atoms with E-state index >= 15 is 0 Å². The van der Waals surface area contributed by atoms with E-state index in [9.17, 15) is 0 Å². The Morgan fingerprint density at radius 2 is 0.545 bits per heavy atom. The molecule has 0 bridgehead atoms. The molecular weight excluding hydrogens is 276 g/mol. The third kappa shape index (κ3) is 13.8. The van der Waals surface area contributed by atoms with Crippen LogP contribution in [0.3, 0.4) is 0 Å². The third-order valence-electron chi connectivity index (χ3n) is 4.01. The van der Waals surface area contributed by atoms with E-state index < -0.39 is 0 Å². The molecule has 0 aromatic carbocycles. The first-order valence-corrected chi connectivity index (χ1v) is 9.13. The van der Waals surface area contributed by atoms with Crippen molar-refractivity contribution in [3.05, 3.63) is 0 Å². The summed E-state index contributed by atoms with van der Waals surface area (Å²) in [7, 11) is 0. The monoisotopic (exact) mass is 308 g/mol. The quantitative estimate of drug-likeness (QED) is 0.480. The molecule has 6 heteroatoms. The average molecular weight is 308 g/mol. The molecule has 126 valence electrons. The highest BCUT2D eigenvalue weighted by Gasteiger charge is 1.94. The molecule has 0 fully saturated rings. The molecule has 1 aliphatic rings. The zero-order valence-electron chi connectivity index (χ0n) is 14.0. The smallest absolute Gasteiger partial charge is 0.0621 e. The van der Waals surface area contributed by atoms with E-state index in [1.165, 1.54) is 77.0 Å². The van der Waals surface area contributed by atoms with Gasteiger partial charge in [0.25, 0.3) is 0 Å². The van der Waals surface area contributed by atoms with Gasteiger partial charge >= 0.3 is 0 Å². The average Bonchev–Trinajstić information content (AvgIpc) is 2.53. The van der Waals surface area contributed by atoms with E-state index in [2.05, 4.69) is 31.1 Å². The summed E-state index contributed by atoms with van der Waals surface area (Å²) >= 11 is 0. The Labute approximate surface area is 134 Å². The fraction of sp³-hybridized carbons (Fsp3) is 1.00. The molecular formula is C16H32N6. The molecule has 1 rings (SSSR count). The molecule has 0 saturated carbocycles. The van der Waals surface area contributed by atoms with Crippen molar-refractivity contribution in [1.82, 2.24) is 0 Å². The Balaban J connectivity index is 2.16. The van der Waals surface area contributed by atoms with E-state index in [4.69, 9.17) is 0 Å². The number of rotatable bonds is 0. The fourth-order valence-electron chi connectivity index (χ4n) is 2.67. The molecule has 0 radical (unpaired) electrons. The normalized spacial score (nSPS) is 26.2. The van der Waals surface area contributed by atoms with Crippen molar-refractivity contribution in [2.75, 3.05) is 13.1 Å². The zero-order valence-corrected chi connectivity index (χ0v) is 14.0. The molecule has 0 amide bonds. The summed E-state index contributed by atoms with van der Waals surface area (Å²) in [6, 6.07) is 0. The Kier molecular flexibility index (Phi) is 13.9. The van der Waals surface area contributed by atoms with Crippen LogP contribution in [-0.2, 0) is 0 Å². The van der Waals surface area contributed by atoms with Crippen LogP contribution in [0.15, 0.2) is 31.1 Å². The predicted molar refractivity (Wildman–Crippen MR) is 88.9 cm³/mol. The van der Waals surface area contributed by atoms with Gasteiger partial charge in [0.15, 0.2) is 0 Å². The molecule has 0 atom stereocenters. The summed E-state index contributed by atoms with van der Waals surface area (Å²) in [6.45, 7) is 1.46. The SMILES string of the molecule is C1CCCCCCCC/N=N/N=N/N=N/CCCCCCC1. The van der Waals surface area contributed by atoms with Crippen LogP contribution in [0.2, 0.25) is 0 Å². The molecule has 22 heavy (non-hydrogen) atoms. The molecule has 0 aromatic rings. The van der Waals surface area contributed by atoms with Gasteiger partial charge in [0.2, 0.25) is 0 Å². The molecule has 0 unspecified atom stereocenters. The van der Waals surface area contributed by atoms with Crippen LogP contribution in [0.1, 0.15) is 89.9 Å². The lowest BCUT2D eigenvalue weighted by Crippen LogP contribution is -1.85. The van der Waals surface area contributed by atoms with Crippen molar-refractivity contribution in [3.63, 3.8) is 0 Å². The topological polar surface area (TPSA) is 74.2 Å². The predicted octanol–water partition coefficient (Wildman–Crippen LogP) is 6.65. The van der Waals surface area contributed by atoms with Crippen LogP contribution in [0.4, 0.5) is 0 Å². The van der Waals surface area contributed by atoms with Crippen LogP contribution in [0.5, 0.6) is 0 Å². The van der Waals surface area contributed by atoms with E-state index in [-0.39, 0.29) is 0 Å². The van der Waals surface area contributed by atoms with E-state index in [1.54, 1.807) is 0 Å². The maximum Gasteiger partial charge on any atom is 0.0621 e. The zero-order chi connectivity index (χ0) is 15.6. The Hall–Kier alpha value is -1.20. The summed E-state index contributed by atoms with van der Waals surface area (Å²) < 4.78 is 0. The van der Waals surface area contributed by atoms with Crippen molar-refractivity contribution in [3.8, 4) is 0 Å². The summed E-state index contributed by atoms with van der Waals surface area (Å²) in [6.07, 6.45) is 18.4. The van der Waals surface area contributed by atoms with Gasteiger partial charge in [0.05, 0.1) is 13.1 Å². The van der Waals surface area contributed by atoms with Crippen LogP contribution < -0.4 is 0 Å². The van der Waals surface area contributed by atoms with Gasteiger partial charge < -0.3 is 0 Å². The molecule has 0 spiro atoms. The maximum atomic E-state index is 3.95. The lowest BCUT2D eigenvalue weighted by Gasteiger charge is -2.03. The Bertz CT molecular complexity index is 284. The minimum atomic E-state index is 0.732. The number of nitrogens with zero attached hydrogens (tertiary/aromatic N) is 6. The van der Waals surface area contributed by atoms with Gasteiger partial charge in [-0.1, -0.05) is 77.0 Å². The van der Waals surface area contributed by atoms with Crippen LogP contribution in [0, 0.1) is 0 Å². The Morgan fingerprint density at radius 1 is 0.273 bits per heavy atom. The van der Waals surface area contributed by atoms with Crippen molar-refractivity contribution in [2.45, 2.75) is 89.9 Å². The van der Waals surface area contributed by atoms with Gasteiger partial charge in [-0.05, 0) is 33.7 Å². The lowest BCUT2D eigenvalue weighted by atomic mass is 10.0. The molecule has 0 aliphatic carbocycles. The highest BCUT2D eigenvalue weighted by Crippen LogP contribution is 2.13. The van der Waals surface area contributed by atoms with Crippen LogP contribution >= 0.6 is 0 Å². The standard InChI is InChI=1S/C16H32N6/c1-2-4-6-8-10-12-14-16-18-20-22-21-19-17-15-13-11-9-7-5-3-1/h1-16H2/b19-17+,20-18+,22-21+. The van der Waals surface area contributed by atoms with Crippen molar-refractivity contribution >= 4 is 0 Å². The largest absolute Gasteiger partial charge is 0.167 e. The van der Waals surface area contributed by atoms with Gasteiger partial charge in [-0.25, -0.2) is 0 Å². The van der Waals surface area contributed by atoms with Gasteiger partial charge in [-0.3, -0.25) is 0 Å². The van der Waals surface area contributed by atoms with Crippen molar-refractivity contribution in [1.29, 1.82) is 0 Å². The summed E-state index contributed by atoms with van der Waals surface area (Å²) in [4.78, 5) is 0.